The van der Waals surface area contributed by atoms with Crippen LogP contribution in [-0.4, -0.2) is 35.0 Å². The van der Waals surface area contributed by atoms with Gasteiger partial charge in [0.05, 0.1) is 18.7 Å². The molecule has 2 heterocycles. The zero-order chi connectivity index (χ0) is 22.8. The Morgan fingerprint density at radius 2 is 2.03 bits per heavy atom. The number of hydrogen-bond acceptors (Lipinski definition) is 4. The van der Waals surface area contributed by atoms with E-state index in [9.17, 15) is 28.0 Å². The minimum absolute atomic E-state index is 0.0000485. The highest BCUT2D eigenvalue weighted by atomic mass is 19.3. The zero-order valence-electron chi connectivity index (χ0n) is 17.2. The minimum atomic E-state index is -2.69. The topological polar surface area (TPSA) is 86.9 Å². The number of pyridine rings is 1. The van der Waals surface area contributed by atoms with E-state index in [4.69, 9.17) is 0 Å². The molecule has 2 aliphatic rings. The van der Waals surface area contributed by atoms with Crippen molar-refractivity contribution in [3.63, 3.8) is 0 Å². The zero-order valence-corrected chi connectivity index (χ0v) is 17.2. The Morgan fingerprint density at radius 3 is 2.66 bits per heavy atom. The maximum absolute atomic E-state index is 14.8. The van der Waals surface area contributed by atoms with Gasteiger partial charge in [-0.25, -0.2) is 13.2 Å². The first-order valence-corrected chi connectivity index (χ1v) is 10.6. The SMILES string of the molecule is N#C[C@H](Cc1ccc(-c2ccc(=O)n(CC(F)F)c2)cc1F)NC(=O)C1NC2CCC1C2. The van der Waals surface area contributed by atoms with E-state index in [2.05, 4.69) is 10.6 Å². The van der Waals surface area contributed by atoms with E-state index in [0.29, 0.717) is 17.2 Å². The lowest BCUT2D eigenvalue weighted by Crippen LogP contribution is -2.50. The molecular formula is C23H23F3N4O2. The van der Waals surface area contributed by atoms with Crippen LogP contribution in [0.3, 0.4) is 0 Å². The molecule has 2 fully saturated rings. The Kier molecular flexibility index (Phi) is 6.33. The number of piperidine rings is 1. The van der Waals surface area contributed by atoms with Crippen molar-refractivity contribution < 1.29 is 18.0 Å². The van der Waals surface area contributed by atoms with Gasteiger partial charge in [0.2, 0.25) is 5.91 Å². The Hall–Kier alpha value is -3.12. The number of rotatable bonds is 7. The molecule has 1 saturated heterocycles. The van der Waals surface area contributed by atoms with Crippen LogP contribution >= 0.6 is 0 Å². The van der Waals surface area contributed by atoms with Gasteiger partial charge in [-0.2, -0.15) is 5.26 Å². The Labute approximate surface area is 183 Å². The summed E-state index contributed by atoms with van der Waals surface area (Å²) in [6, 6.07) is 8.13. The van der Waals surface area contributed by atoms with E-state index in [0.717, 1.165) is 29.9 Å². The second-order valence-corrected chi connectivity index (χ2v) is 8.41. The van der Waals surface area contributed by atoms with Crippen molar-refractivity contribution in [2.75, 3.05) is 0 Å². The smallest absolute Gasteiger partial charge is 0.256 e. The number of alkyl halides is 2. The average Bonchev–Trinajstić information content (AvgIpc) is 3.39. The van der Waals surface area contributed by atoms with Crippen LogP contribution < -0.4 is 16.2 Å². The molecule has 2 aromatic rings. The van der Waals surface area contributed by atoms with E-state index in [1.54, 1.807) is 6.07 Å². The lowest BCUT2D eigenvalue weighted by atomic mass is 9.98. The third-order valence-electron chi connectivity index (χ3n) is 6.24. The van der Waals surface area contributed by atoms with E-state index < -0.39 is 30.4 Å². The van der Waals surface area contributed by atoms with Crippen LogP contribution in [-0.2, 0) is 17.8 Å². The van der Waals surface area contributed by atoms with Crippen LogP contribution in [0.25, 0.3) is 11.1 Å². The van der Waals surface area contributed by atoms with Crippen LogP contribution in [0.1, 0.15) is 24.8 Å². The summed E-state index contributed by atoms with van der Waals surface area (Å²) in [7, 11) is 0. The fraction of sp³-hybridized carbons (Fsp3) is 0.435. The maximum atomic E-state index is 14.8. The number of nitrogens with one attached hydrogen (secondary N) is 2. The van der Waals surface area contributed by atoms with Gasteiger partial charge < -0.3 is 15.2 Å². The van der Waals surface area contributed by atoms with E-state index in [1.165, 1.54) is 24.4 Å². The summed E-state index contributed by atoms with van der Waals surface area (Å²) in [5, 5.41) is 15.4. The predicted octanol–water partition coefficient (Wildman–Crippen LogP) is 2.61. The molecule has 4 rings (SSSR count). The molecule has 2 bridgehead atoms. The van der Waals surface area contributed by atoms with Crippen molar-refractivity contribution in [3.8, 4) is 17.2 Å². The molecule has 0 spiro atoms. The number of hydrogen-bond donors (Lipinski definition) is 2. The summed E-state index contributed by atoms with van der Waals surface area (Å²) in [5.74, 6) is -0.535. The number of carbonyl (C=O) groups excluding carboxylic acids is 1. The molecule has 168 valence electrons. The largest absolute Gasteiger partial charge is 0.339 e. The molecule has 1 aliphatic heterocycles. The van der Waals surface area contributed by atoms with Crippen LogP contribution in [0.5, 0.6) is 0 Å². The lowest BCUT2D eigenvalue weighted by molar-refractivity contribution is -0.124. The molecule has 1 saturated carbocycles. The normalized spacial score (nSPS) is 22.7. The third kappa shape index (κ3) is 4.70. The van der Waals surface area contributed by atoms with Crippen molar-refractivity contribution in [2.24, 2.45) is 5.92 Å². The summed E-state index contributed by atoms with van der Waals surface area (Å²) in [6.07, 6.45) is 1.61. The Balaban J connectivity index is 1.45. The van der Waals surface area contributed by atoms with Gasteiger partial charge >= 0.3 is 0 Å². The van der Waals surface area contributed by atoms with Crippen LogP contribution in [0.4, 0.5) is 13.2 Å². The molecule has 4 atom stereocenters. The number of carbonyl (C=O) groups is 1. The number of amides is 1. The van der Waals surface area contributed by atoms with Gasteiger partial charge in [0.15, 0.2) is 0 Å². The van der Waals surface area contributed by atoms with Crippen LogP contribution in [0.15, 0.2) is 41.3 Å². The summed E-state index contributed by atoms with van der Waals surface area (Å²) >= 11 is 0. The first-order chi connectivity index (χ1) is 15.3. The molecule has 1 amide bonds. The molecule has 2 N–H and O–H groups in total. The van der Waals surface area contributed by atoms with Crippen molar-refractivity contribution in [2.45, 2.75) is 56.8 Å². The van der Waals surface area contributed by atoms with E-state index in [1.807, 2.05) is 6.07 Å². The first kappa shape index (κ1) is 22.1. The fourth-order valence-corrected chi connectivity index (χ4v) is 4.65. The summed E-state index contributed by atoms with van der Waals surface area (Å²) in [4.78, 5) is 24.3. The highest BCUT2D eigenvalue weighted by Crippen LogP contribution is 2.35. The molecule has 3 unspecified atom stereocenters. The van der Waals surface area contributed by atoms with Crippen molar-refractivity contribution >= 4 is 5.91 Å². The van der Waals surface area contributed by atoms with Crippen LogP contribution in [0.2, 0.25) is 0 Å². The second-order valence-electron chi connectivity index (χ2n) is 8.41. The fourth-order valence-electron chi connectivity index (χ4n) is 4.65. The highest BCUT2D eigenvalue weighted by Gasteiger charge is 2.43. The van der Waals surface area contributed by atoms with E-state index in [-0.39, 0.29) is 29.9 Å². The highest BCUT2D eigenvalue weighted by molar-refractivity contribution is 5.83. The molecule has 1 aromatic carbocycles. The van der Waals surface area contributed by atoms with Crippen molar-refractivity contribution in [1.29, 1.82) is 5.26 Å². The summed E-state index contributed by atoms with van der Waals surface area (Å²) < 4.78 is 41.0. The molecular weight excluding hydrogens is 421 g/mol. The average molecular weight is 444 g/mol. The molecule has 9 heteroatoms. The minimum Gasteiger partial charge on any atom is -0.339 e. The molecule has 6 nitrogen and oxygen atoms in total. The van der Waals surface area contributed by atoms with Crippen LogP contribution in [0, 0.1) is 23.1 Å². The van der Waals surface area contributed by atoms with Gasteiger partial charge in [0.1, 0.15) is 11.9 Å². The van der Waals surface area contributed by atoms with Gasteiger partial charge in [-0.15, -0.1) is 0 Å². The lowest BCUT2D eigenvalue weighted by Gasteiger charge is -2.23. The number of benzene rings is 1. The number of fused-ring (bicyclic) bond motifs is 2. The predicted molar refractivity (Wildman–Crippen MR) is 111 cm³/mol. The molecule has 0 radical (unpaired) electrons. The standard InChI is InChI=1S/C23H23F3N4O2/c24-19-9-13(16-4-6-21(31)30(11-16)12-20(25)26)1-2-14(19)7-18(10-27)29-23(32)22-15-3-5-17(8-15)28-22/h1-2,4,6,9,11,15,17-18,20,22,28H,3,5,7-8,12H2,(H,29,32)/t15?,17?,18-,22?/m0/s1. The maximum Gasteiger partial charge on any atom is 0.256 e. The van der Waals surface area contributed by atoms with Gasteiger partial charge in [-0.1, -0.05) is 12.1 Å². The third-order valence-corrected chi connectivity index (χ3v) is 6.24. The Bertz CT molecular complexity index is 1110. The first-order valence-electron chi connectivity index (χ1n) is 10.6. The van der Waals surface area contributed by atoms with Gasteiger partial charge in [0.25, 0.3) is 12.0 Å². The number of nitrogens with zero attached hydrogens (tertiary/aromatic N) is 2. The van der Waals surface area contributed by atoms with Crippen molar-refractivity contribution in [3.05, 3.63) is 58.3 Å². The molecule has 1 aromatic heterocycles. The second kappa shape index (κ2) is 9.17. The monoisotopic (exact) mass is 444 g/mol. The summed E-state index contributed by atoms with van der Waals surface area (Å²) in [6.45, 7) is -0.742. The van der Waals surface area contributed by atoms with Gasteiger partial charge in [-0.05, 0) is 54.0 Å². The quantitative estimate of drug-likeness (QED) is 0.688. The number of aromatic nitrogens is 1. The Morgan fingerprint density at radius 1 is 1.25 bits per heavy atom. The molecule has 32 heavy (non-hydrogen) atoms. The van der Waals surface area contributed by atoms with E-state index >= 15 is 0 Å². The molecule has 1 aliphatic carbocycles. The summed E-state index contributed by atoms with van der Waals surface area (Å²) in [5.41, 5.74) is 0.521. The number of halogens is 3. The van der Waals surface area contributed by atoms with Crippen molar-refractivity contribution in [1.82, 2.24) is 15.2 Å². The number of nitriles is 1. The van der Waals surface area contributed by atoms with Gasteiger partial charge in [-0.3, -0.25) is 9.59 Å². The van der Waals surface area contributed by atoms with Gasteiger partial charge in [0, 0.05) is 24.7 Å².